The average molecular weight is 311 g/mol. The molecule has 0 saturated carbocycles. The van der Waals surface area contributed by atoms with E-state index >= 15 is 0 Å². The molecule has 0 fully saturated rings. The van der Waals surface area contributed by atoms with Gasteiger partial charge in [-0.05, 0) is 19.1 Å². The molecule has 2 heterocycles. The van der Waals surface area contributed by atoms with E-state index in [4.69, 9.17) is 11.6 Å². The number of nitrogens with zero attached hydrogens (tertiary/aromatic N) is 2. The van der Waals surface area contributed by atoms with E-state index in [1.807, 2.05) is 6.92 Å². The Morgan fingerprint density at radius 3 is 2.80 bits per heavy atom. The number of aryl methyl sites for hydroxylation is 1. The largest absolute Gasteiger partial charge is 0.299 e. The lowest BCUT2D eigenvalue weighted by atomic mass is 10.1. The van der Waals surface area contributed by atoms with E-state index in [0.717, 1.165) is 11.1 Å². The molecule has 20 heavy (non-hydrogen) atoms. The van der Waals surface area contributed by atoms with Gasteiger partial charge in [-0.2, -0.15) is 0 Å². The molecular formula is C13H8ClFN2O2S. The number of rotatable bonds is 2. The predicted octanol–water partition coefficient (Wildman–Crippen LogP) is 2.97. The molecule has 0 aliphatic carbocycles. The zero-order chi connectivity index (χ0) is 14.4. The molecule has 0 unspecified atom stereocenters. The van der Waals surface area contributed by atoms with Crippen molar-refractivity contribution in [2.45, 2.75) is 13.5 Å². The second kappa shape index (κ2) is 4.64. The average Bonchev–Trinajstić information content (AvgIpc) is 2.90. The predicted molar refractivity (Wildman–Crippen MR) is 73.8 cm³/mol. The van der Waals surface area contributed by atoms with Crippen molar-refractivity contribution in [1.82, 2.24) is 4.98 Å². The van der Waals surface area contributed by atoms with Gasteiger partial charge in [-0.3, -0.25) is 14.5 Å². The second-order valence-electron chi connectivity index (χ2n) is 4.36. The van der Waals surface area contributed by atoms with Crippen molar-refractivity contribution in [3.63, 3.8) is 0 Å². The number of Topliss-reactive ketones (excluding diaryl/α,β-unsaturated/α-hetero) is 1. The summed E-state index contributed by atoms with van der Waals surface area (Å²) in [5.74, 6) is -2.02. The molecule has 0 radical (unpaired) electrons. The molecule has 1 aromatic carbocycles. The Balaban J connectivity index is 2.03. The van der Waals surface area contributed by atoms with Gasteiger partial charge < -0.3 is 0 Å². The molecule has 4 nitrogen and oxygen atoms in total. The van der Waals surface area contributed by atoms with Gasteiger partial charge in [0.2, 0.25) is 0 Å². The number of halogens is 2. The van der Waals surface area contributed by atoms with Gasteiger partial charge in [0.15, 0.2) is 0 Å². The number of benzene rings is 1. The van der Waals surface area contributed by atoms with Crippen LogP contribution >= 0.6 is 22.9 Å². The first-order valence-corrected chi connectivity index (χ1v) is 6.99. The number of hydrogen-bond donors (Lipinski definition) is 0. The smallest absolute Gasteiger partial charge is 0.299 e. The number of carbonyl (C=O) groups is 2. The molecular weight excluding hydrogens is 303 g/mol. The zero-order valence-electron chi connectivity index (χ0n) is 10.3. The minimum absolute atomic E-state index is 0.133. The van der Waals surface area contributed by atoms with Gasteiger partial charge in [0.25, 0.3) is 11.7 Å². The highest BCUT2D eigenvalue weighted by Crippen LogP contribution is 2.34. The van der Waals surface area contributed by atoms with Gasteiger partial charge in [-0.25, -0.2) is 9.37 Å². The minimum Gasteiger partial charge on any atom is -0.299 e. The van der Waals surface area contributed by atoms with Crippen molar-refractivity contribution in [2.24, 2.45) is 0 Å². The van der Waals surface area contributed by atoms with Gasteiger partial charge in [0, 0.05) is 5.38 Å². The number of aromatic nitrogens is 1. The maximum Gasteiger partial charge on any atom is 0.299 e. The van der Waals surface area contributed by atoms with Crippen molar-refractivity contribution in [3.8, 4) is 0 Å². The molecule has 0 bridgehead atoms. The molecule has 1 aliphatic heterocycles. The first kappa shape index (κ1) is 13.2. The summed E-state index contributed by atoms with van der Waals surface area (Å²) in [6, 6.07) is 2.30. The van der Waals surface area contributed by atoms with Gasteiger partial charge in [-0.1, -0.05) is 11.6 Å². The van der Waals surface area contributed by atoms with Gasteiger partial charge in [0.05, 0.1) is 33.5 Å². The van der Waals surface area contributed by atoms with Crippen molar-refractivity contribution >= 4 is 40.3 Å². The quantitative estimate of drug-likeness (QED) is 0.801. The second-order valence-corrected chi connectivity index (χ2v) is 5.83. The molecule has 1 amide bonds. The van der Waals surface area contributed by atoms with Gasteiger partial charge in [0.1, 0.15) is 5.82 Å². The molecule has 1 aromatic heterocycles. The summed E-state index contributed by atoms with van der Waals surface area (Å²) in [6.07, 6.45) is 0. The summed E-state index contributed by atoms with van der Waals surface area (Å²) >= 11 is 7.10. The summed E-state index contributed by atoms with van der Waals surface area (Å²) in [5.41, 5.74) is 1.04. The lowest BCUT2D eigenvalue weighted by Crippen LogP contribution is -2.29. The van der Waals surface area contributed by atoms with Crippen molar-refractivity contribution in [1.29, 1.82) is 0 Å². The third kappa shape index (κ3) is 2.01. The minimum atomic E-state index is -0.688. The van der Waals surface area contributed by atoms with Gasteiger partial charge >= 0.3 is 0 Å². The molecule has 1 aliphatic rings. The SMILES string of the molecule is Cc1nc(CN2C(=O)C(=O)c3cc(Cl)c(F)cc32)cs1. The molecule has 0 saturated heterocycles. The summed E-state index contributed by atoms with van der Waals surface area (Å²) in [4.78, 5) is 29.3. The molecule has 7 heteroatoms. The zero-order valence-corrected chi connectivity index (χ0v) is 11.9. The van der Waals surface area contributed by atoms with Crippen LogP contribution in [0.25, 0.3) is 0 Å². The lowest BCUT2D eigenvalue weighted by molar-refractivity contribution is -0.114. The summed E-state index contributed by atoms with van der Waals surface area (Å²) in [6.45, 7) is 1.99. The summed E-state index contributed by atoms with van der Waals surface area (Å²) in [7, 11) is 0. The Bertz CT molecular complexity index is 744. The standard InChI is InChI=1S/C13H8ClFN2O2S/c1-6-16-7(5-20-6)4-17-11-3-10(15)9(14)2-8(11)12(18)13(17)19/h2-3,5H,4H2,1H3. The van der Waals surface area contributed by atoms with E-state index < -0.39 is 17.5 Å². The van der Waals surface area contributed by atoms with Crippen LogP contribution in [0.3, 0.4) is 0 Å². The molecule has 2 aromatic rings. The van der Waals surface area contributed by atoms with E-state index in [2.05, 4.69) is 4.98 Å². The number of anilines is 1. The fraction of sp³-hybridized carbons (Fsp3) is 0.154. The van der Waals surface area contributed by atoms with Crippen LogP contribution in [0.1, 0.15) is 21.1 Å². The molecule has 0 N–H and O–H groups in total. The van der Waals surface area contributed by atoms with E-state index in [-0.39, 0.29) is 22.8 Å². The van der Waals surface area contributed by atoms with Crippen LogP contribution in [0.5, 0.6) is 0 Å². The maximum atomic E-state index is 13.5. The maximum absolute atomic E-state index is 13.5. The fourth-order valence-corrected chi connectivity index (χ4v) is 2.86. The van der Waals surface area contributed by atoms with Crippen LogP contribution in [0.2, 0.25) is 5.02 Å². The van der Waals surface area contributed by atoms with E-state index in [9.17, 15) is 14.0 Å². The van der Waals surface area contributed by atoms with Crippen LogP contribution in [0.4, 0.5) is 10.1 Å². The normalized spacial score (nSPS) is 14.1. The monoisotopic (exact) mass is 310 g/mol. The Kier molecular flexibility index (Phi) is 3.07. The van der Waals surface area contributed by atoms with E-state index in [1.54, 1.807) is 5.38 Å². The molecule has 0 spiro atoms. The highest BCUT2D eigenvalue weighted by molar-refractivity contribution is 7.09. The molecule has 0 atom stereocenters. The Morgan fingerprint density at radius 2 is 2.15 bits per heavy atom. The van der Waals surface area contributed by atoms with E-state index in [0.29, 0.717) is 5.69 Å². The van der Waals surface area contributed by atoms with Crippen LogP contribution in [-0.4, -0.2) is 16.7 Å². The molecule has 102 valence electrons. The van der Waals surface area contributed by atoms with Gasteiger partial charge in [-0.15, -0.1) is 11.3 Å². The number of hydrogen-bond acceptors (Lipinski definition) is 4. The first-order chi connectivity index (χ1) is 9.47. The third-order valence-electron chi connectivity index (χ3n) is 3.00. The number of ketones is 1. The number of thiazole rings is 1. The number of fused-ring (bicyclic) bond motifs is 1. The van der Waals surface area contributed by atoms with Crippen molar-refractivity contribution in [2.75, 3.05) is 4.90 Å². The van der Waals surface area contributed by atoms with Crippen LogP contribution < -0.4 is 4.90 Å². The Labute approximate surface area is 122 Å². The van der Waals surface area contributed by atoms with E-state index in [1.165, 1.54) is 22.3 Å². The van der Waals surface area contributed by atoms with Crippen LogP contribution in [0, 0.1) is 12.7 Å². The first-order valence-electron chi connectivity index (χ1n) is 5.73. The summed E-state index contributed by atoms with van der Waals surface area (Å²) in [5, 5.41) is 2.49. The topological polar surface area (TPSA) is 50.3 Å². The lowest BCUT2D eigenvalue weighted by Gasteiger charge is -2.15. The highest BCUT2D eigenvalue weighted by atomic mass is 35.5. The molecule has 3 rings (SSSR count). The van der Waals surface area contributed by atoms with Crippen LogP contribution in [-0.2, 0) is 11.3 Å². The fourth-order valence-electron chi connectivity index (χ4n) is 2.09. The number of carbonyl (C=O) groups excluding carboxylic acids is 2. The Hall–Kier alpha value is -1.79. The van der Waals surface area contributed by atoms with Crippen LogP contribution in [0.15, 0.2) is 17.5 Å². The number of amides is 1. The summed E-state index contributed by atoms with van der Waals surface area (Å²) < 4.78 is 13.5. The van der Waals surface area contributed by atoms with Crippen molar-refractivity contribution < 1.29 is 14.0 Å². The highest BCUT2D eigenvalue weighted by Gasteiger charge is 2.37. The Morgan fingerprint density at radius 1 is 1.40 bits per heavy atom. The van der Waals surface area contributed by atoms with Crippen molar-refractivity contribution in [3.05, 3.63) is 44.6 Å². The third-order valence-corrected chi connectivity index (χ3v) is 4.11.